The first-order chi connectivity index (χ1) is 9.78. The molecule has 2 aromatic heterocycles. The van der Waals surface area contributed by atoms with Crippen LogP contribution in [-0.2, 0) is 6.42 Å². The lowest BCUT2D eigenvalue weighted by Gasteiger charge is -2.09. The summed E-state index contributed by atoms with van der Waals surface area (Å²) in [7, 11) is 0. The van der Waals surface area contributed by atoms with Gasteiger partial charge < -0.3 is 10.1 Å². The fourth-order valence-corrected chi connectivity index (χ4v) is 1.81. The van der Waals surface area contributed by atoms with Crippen molar-refractivity contribution in [3.05, 3.63) is 18.2 Å². The molecule has 0 aliphatic heterocycles. The molecule has 0 amide bonds. The van der Waals surface area contributed by atoms with Gasteiger partial charge in [-0.3, -0.25) is 4.57 Å². The lowest BCUT2D eigenvalue weighted by molar-refractivity contribution is 0.311. The van der Waals surface area contributed by atoms with Gasteiger partial charge in [-0.2, -0.15) is 15.0 Å². The number of imidazole rings is 1. The Morgan fingerprint density at radius 1 is 1.20 bits per heavy atom. The minimum atomic E-state index is 0.324. The summed E-state index contributed by atoms with van der Waals surface area (Å²) < 4.78 is 7.27. The average Bonchev–Trinajstić information content (AvgIpc) is 2.88. The predicted molar refractivity (Wildman–Crippen MR) is 76.3 cm³/mol. The number of hydrogen-bond donors (Lipinski definition) is 1. The van der Waals surface area contributed by atoms with Gasteiger partial charge >= 0.3 is 6.01 Å². The molecule has 0 aliphatic rings. The Hall–Kier alpha value is -2.18. The second kappa shape index (κ2) is 6.83. The van der Waals surface area contributed by atoms with E-state index in [1.54, 1.807) is 6.20 Å². The first-order valence-electron chi connectivity index (χ1n) is 6.93. The largest absolute Gasteiger partial charge is 0.464 e. The molecule has 0 saturated carbocycles. The van der Waals surface area contributed by atoms with Gasteiger partial charge in [-0.15, -0.1) is 0 Å². The Kier molecular flexibility index (Phi) is 4.86. The van der Waals surface area contributed by atoms with Crippen molar-refractivity contribution in [3.63, 3.8) is 0 Å². The van der Waals surface area contributed by atoms with Gasteiger partial charge in [0.05, 0.1) is 6.61 Å². The quantitative estimate of drug-likeness (QED) is 0.831. The highest BCUT2D eigenvalue weighted by Gasteiger charge is 2.11. The average molecular weight is 276 g/mol. The molecule has 2 rings (SSSR count). The standard InChI is InChI=1S/C13H20N6O/c1-4-7-10-15-8-9-19(10)12-16-11(14-5-2)17-13(18-12)20-6-3/h8-9H,4-7H2,1-3H3,(H,14,16,17,18). The highest BCUT2D eigenvalue weighted by molar-refractivity contribution is 5.31. The van der Waals surface area contributed by atoms with Gasteiger partial charge in [-0.05, 0) is 20.3 Å². The number of anilines is 1. The molecule has 0 saturated heterocycles. The molecule has 108 valence electrons. The highest BCUT2D eigenvalue weighted by atomic mass is 16.5. The van der Waals surface area contributed by atoms with Crippen LogP contribution in [-0.4, -0.2) is 37.7 Å². The van der Waals surface area contributed by atoms with E-state index in [0.29, 0.717) is 24.5 Å². The zero-order valence-corrected chi connectivity index (χ0v) is 12.1. The zero-order valence-electron chi connectivity index (χ0n) is 12.1. The van der Waals surface area contributed by atoms with Crippen LogP contribution < -0.4 is 10.1 Å². The topological polar surface area (TPSA) is 77.8 Å². The molecule has 0 radical (unpaired) electrons. The molecule has 1 N–H and O–H groups in total. The Labute approximate surface area is 118 Å². The summed E-state index contributed by atoms with van der Waals surface area (Å²) in [5, 5.41) is 3.08. The van der Waals surface area contributed by atoms with Gasteiger partial charge in [0.15, 0.2) is 0 Å². The third kappa shape index (κ3) is 3.23. The molecule has 0 unspecified atom stereocenters. The number of hydrogen-bond acceptors (Lipinski definition) is 6. The number of aryl methyl sites for hydroxylation is 1. The molecule has 0 aromatic carbocycles. The Morgan fingerprint density at radius 2 is 2.05 bits per heavy atom. The summed E-state index contributed by atoms with van der Waals surface area (Å²) in [6, 6.07) is 0.324. The first kappa shape index (κ1) is 14.2. The molecule has 20 heavy (non-hydrogen) atoms. The van der Waals surface area contributed by atoms with E-state index in [-0.39, 0.29) is 0 Å². The third-order valence-corrected chi connectivity index (χ3v) is 2.62. The van der Waals surface area contributed by atoms with Gasteiger partial charge in [-0.1, -0.05) is 6.92 Å². The Morgan fingerprint density at radius 3 is 2.75 bits per heavy atom. The zero-order chi connectivity index (χ0) is 14.4. The maximum absolute atomic E-state index is 5.40. The summed E-state index contributed by atoms with van der Waals surface area (Å²) in [6.45, 7) is 7.25. The van der Waals surface area contributed by atoms with Gasteiger partial charge in [0, 0.05) is 25.4 Å². The lowest BCUT2D eigenvalue weighted by atomic mass is 10.3. The summed E-state index contributed by atoms with van der Waals surface area (Å²) >= 11 is 0. The van der Waals surface area contributed by atoms with Crippen molar-refractivity contribution in [1.82, 2.24) is 24.5 Å². The van der Waals surface area contributed by atoms with E-state index in [9.17, 15) is 0 Å². The summed E-state index contributed by atoms with van der Waals surface area (Å²) in [6.07, 6.45) is 5.49. The van der Waals surface area contributed by atoms with Crippen LogP contribution in [0.4, 0.5) is 5.95 Å². The van der Waals surface area contributed by atoms with E-state index in [1.165, 1.54) is 0 Å². The molecule has 0 aliphatic carbocycles. The number of ether oxygens (including phenoxy) is 1. The highest BCUT2D eigenvalue weighted by Crippen LogP contribution is 2.13. The lowest BCUT2D eigenvalue weighted by Crippen LogP contribution is -2.12. The molecule has 0 fully saturated rings. The van der Waals surface area contributed by atoms with E-state index >= 15 is 0 Å². The van der Waals surface area contributed by atoms with E-state index < -0.39 is 0 Å². The molecule has 0 spiro atoms. The van der Waals surface area contributed by atoms with Crippen molar-refractivity contribution in [2.24, 2.45) is 0 Å². The Balaban J connectivity index is 2.40. The van der Waals surface area contributed by atoms with Gasteiger partial charge in [0.25, 0.3) is 0 Å². The first-order valence-corrected chi connectivity index (χ1v) is 6.93. The van der Waals surface area contributed by atoms with E-state index in [0.717, 1.165) is 25.2 Å². The Bertz CT molecular complexity index is 529. The maximum atomic E-state index is 5.40. The third-order valence-electron chi connectivity index (χ3n) is 2.62. The van der Waals surface area contributed by atoms with E-state index in [1.807, 2.05) is 24.6 Å². The van der Waals surface area contributed by atoms with Crippen LogP contribution in [0.3, 0.4) is 0 Å². The summed E-state index contributed by atoms with van der Waals surface area (Å²) in [5.41, 5.74) is 0. The van der Waals surface area contributed by atoms with E-state index in [2.05, 4.69) is 32.2 Å². The van der Waals surface area contributed by atoms with Crippen LogP contribution >= 0.6 is 0 Å². The minimum absolute atomic E-state index is 0.324. The monoisotopic (exact) mass is 276 g/mol. The number of aromatic nitrogens is 5. The van der Waals surface area contributed by atoms with Crippen LogP contribution in [0.1, 0.15) is 33.0 Å². The SMILES string of the molecule is CCCc1nccn1-c1nc(NCC)nc(OCC)n1. The van der Waals surface area contributed by atoms with Gasteiger partial charge in [-0.25, -0.2) is 4.98 Å². The second-order valence-electron chi connectivity index (χ2n) is 4.17. The smallest absolute Gasteiger partial charge is 0.323 e. The van der Waals surface area contributed by atoms with Crippen molar-refractivity contribution in [3.8, 4) is 12.0 Å². The fourth-order valence-electron chi connectivity index (χ4n) is 1.81. The maximum Gasteiger partial charge on any atom is 0.323 e. The fraction of sp³-hybridized carbons (Fsp3) is 0.538. The minimum Gasteiger partial charge on any atom is -0.464 e. The molecule has 7 nitrogen and oxygen atoms in total. The van der Waals surface area contributed by atoms with Crippen molar-refractivity contribution in [2.45, 2.75) is 33.6 Å². The summed E-state index contributed by atoms with van der Waals surface area (Å²) in [5.74, 6) is 1.97. The van der Waals surface area contributed by atoms with Crippen molar-refractivity contribution < 1.29 is 4.74 Å². The van der Waals surface area contributed by atoms with Crippen LogP contribution in [0.15, 0.2) is 12.4 Å². The van der Waals surface area contributed by atoms with Crippen LogP contribution in [0.5, 0.6) is 6.01 Å². The van der Waals surface area contributed by atoms with Crippen LogP contribution in [0.25, 0.3) is 5.95 Å². The predicted octanol–water partition coefficient (Wildman–Crippen LogP) is 1.84. The van der Waals surface area contributed by atoms with Crippen LogP contribution in [0.2, 0.25) is 0 Å². The molecule has 7 heteroatoms. The van der Waals surface area contributed by atoms with E-state index in [4.69, 9.17) is 4.74 Å². The molecule has 2 heterocycles. The molecule has 0 atom stereocenters. The van der Waals surface area contributed by atoms with Crippen molar-refractivity contribution in [2.75, 3.05) is 18.5 Å². The summed E-state index contributed by atoms with van der Waals surface area (Å²) in [4.78, 5) is 17.3. The number of rotatable bonds is 7. The number of nitrogens with one attached hydrogen (secondary N) is 1. The van der Waals surface area contributed by atoms with Crippen LogP contribution in [0, 0.1) is 0 Å². The van der Waals surface area contributed by atoms with Crippen molar-refractivity contribution in [1.29, 1.82) is 0 Å². The molecular formula is C13H20N6O. The molecular weight excluding hydrogens is 256 g/mol. The molecule has 0 bridgehead atoms. The van der Waals surface area contributed by atoms with Crippen molar-refractivity contribution >= 4 is 5.95 Å². The normalized spacial score (nSPS) is 10.6. The molecule has 2 aromatic rings. The van der Waals surface area contributed by atoms with Gasteiger partial charge in [0.2, 0.25) is 11.9 Å². The number of nitrogens with zero attached hydrogens (tertiary/aromatic N) is 5. The van der Waals surface area contributed by atoms with Gasteiger partial charge in [0.1, 0.15) is 5.82 Å². The second-order valence-corrected chi connectivity index (χ2v) is 4.17.